The number of nitrogens with one attached hydrogen (secondary N) is 1. The Labute approximate surface area is 189 Å². The summed E-state index contributed by atoms with van der Waals surface area (Å²) in [5.41, 5.74) is 1.02. The number of halogens is 2. The van der Waals surface area contributed by atoms with Gasteiger partial charge in [0.1, 0.15) is 5.69 Å². The number of carbonyl (C=O) groups is 1. The number of ether oxygens (including phenoxy) is 2. The maximum absolute atomic E-state index is 14.2. The predicted molar refractivity (Wildman–Crippen MR) is 122 cm³/mol. The van der Waals surface area contributed by atoms with E-state index in [9.17, 15) is 14.0 Å². The number of nitrogens with zero attached hydrogens (tertiary/aromatic N) is 2. The lowest BCUT2D eigenvalue weighted by molar-refractivity contribution is 0.168. The Bertz CT molecular complexity index is 1190. The molecule has 0 saturated carbocycles. The molecule has 0 atom stereocenters. The number of anilines is 1. The number of methoxy groups -OCH3 is 1. The lowest BCUT2D eigenvalue weighted by atomic mass is 10.1. The molecule has 1 amide bonds. The van der Waals surface area contributed by atoms with Gasteiger partial charge in [-0.1, -0.05) is 35.9 Å². The van der Waals surface area contributed by atoms with E-state index in [4.69, 9.17) is 21.1 Å². The van der Waals surface area contributed by atoms with Gasteiger partial charge in [-0.15, -0.1) is 0 Å². The summed E-state index contributed by atoms with van der Waals surface area (Å²) < 4.78 is 25.2. The fourth-order valence-corrected chi connectivity index (χ4v) is 2.99. The van der Waals surface area contributed by atoms with E-state index in [1.54, 1.807) is 31.2 Å². The Hall–Kier alpha value is -3.65. The number of hydrogen-bond acceptors (Lipinski definition) is 5. The van der Waals surface area contributed by atoms with Gasteiger partial charge in [-0.3, -0.25) is 10.1 Å². The molecule has 0 aliphatic carbocycles. The molecule has 0 saturated heterocycles. The number of aromatic nitrogens is 2. The summed E-state index contributed by atoms with van der Waals surface area (Å²) in [7, 11) is 1.37. The van der Waals surface area contributed by atoms with E-state index >= 15 is 0 Å². The molecule has 0 spiro atoms. The fraction of sp³-hybridized carbons (Fsp3) is 0.174. The van der Waals surface area contributed by atoms with Crippen molar-refractivity contribution in [2.24, 2.45) is 0 Å². The maximum Gasteiger partial charge on any atom is 0.411 e. The number of hydrogen-bond donors (Lipinski definition) is 1. The quantitative estimate of drug-likeness (QED) is 0.540. The molecule has 0 unspecified atom stereocenters. The molecular formula is C23H21ClFN3O4. The summed E-state index contributed by atoms with van der Waals surface area (Å²) in [6, 6.07) is 12.9. The van der Waals surface area contributed by atoms with Crippen molar-refractivity contribution in [1.29, 1.82) is 0 Å². The van der Waals surface area contributed by atoms with Crippen molar-refractivity contribution in [3.63, 3.8) is 0 Å². The van der Waals surface area contributed by atoms with Crippen LogP contribution in [-0.2, 0) is 11.3 Å². The number of allylic oxidation sites excluding steroid dienone is 1. The van der Waals surface area contributed by atoms with Crippen molar-refractivity contribution in [2.45, 2.75) is 13.5 Å². The van der Waals surface area contributed by atoms with Gasteiger partial charge in [0, 0.05) is 10.6 Å². The number of rotatable bonds is 7. The van der Waals surface area contributed by atoms with Crippen LogP contribution < -0.4 is 15.6 Å². The lowest BCUT2D eigenvalue weighted by Crippen LogP contribution is -2.28. The first-order chi connectivity index (χ1) is 15.4. The Kier molecular flexibility index (Phi) is 7.62. The second-order valence-corrected chi connectivity index (χ2v) is 7.02. The summed E-state index contributed by atoms with van der Waals surface area (Å²) in [5, 5.41) is 7.37. The van der Waals surface area contributed by atoms with Crippen molar-refractivity contribution in [3.8, 4) is 17.0 Å². The molecule has 0 fully saturated rings. The van der Waals surface area contributed by atoms with E-state index in [0.717, 1.165) is 5.56 Å². The van der Waals surface area contributed by atoms with Crippen LogP contribution in [0.2, 0.25) is 5.02 Å². The van der Waals surface area contributed by atoms with E-state index in [0.29, 0.717) is 10.6 Å². The first-order valence-corrected chi connectivity index (χ1v) is 10.1. The summed E-state index contributed by atoms with van der Waals surface area (Å²) in [6.45, 7) is 1.91. The van der Waals surface area contributed by atoms with Crippen molar-refractivity contribution in [3.05, 3.63) is 81.4 Å². The van der Waals surface area contributed by atoms with E-state index in [-0.39, 0.29) is 30.3 Å². The lowest BCUT2D eigenvalue weighted by Gasteiger charge is -2.11. The van der Waals surface area contributed by atoms with Crippen molar-refractivity contribution < 1.29 is 18.7 Å². The van der Waals surface area contributed by atoms with Crippen LogP contribution in [0.4, 0.5) is 14.9 Å². The molecule has 7 nitrogen and oxygen atoms in total. The summed E-state index contributed by atoms with van der Waals surface area (Å²) in [4.78, 5) is 24.7. The molecule has 0 radical (unpaired) electrons. The van der Waals surface area contributed by atoms with Crippen molar-refractivity contribution >= 4 is 29.5 Å². The van der Waals surface area contributed by atoms with Crippen molar-refractivity contribution in [2.75, 3.05) is 19.0 Å². The molecule has 32 heavy (non-hydrogen) atoms. The maximum atomic E-state index is 14.2. The zero-order valence-electron chi connectivity index (χ0n) is 17.5. The molecule has 3 rings (SSSR count). The average molecular weight is 458 g/mol. The SMILES string of the molecule is CCOC(=O)Nc1cc(-c2ccc(OC)c(F)c2)nn(C/C=C/c2ccc(Cl)cc2)c1=O. The van der Waals surface area contributed by atoms with Gasteiger partial charge in [0.25, 0.3) is 5.56 Å². The highest BCUT2D eigenvalue weighted by atomic mass is 35.5. The molecule has 0 bridgehead atoms. The van der Waals surface area contributed by atoms with Gasteiger partial charge >= 0.3 is 6.09 Å². The van der Waals surface area contributed by atoms with Gasteiger partial charge in [-0.25, -0.2) is 13.9 Å². The third kappa shape index (κ3) is 5.73. The average Bonchev–Trinajstić information content (AvgIpc) is 2.77. The van der Waals surface area contributed by atoms with E-state index in [1.165, 1.54) is 30.0 Å². The standard InChI is InChI=1S/C23H21ClFN3O4/c1-3-32-23(30)26-20-14-19(16-8-11-21(31-2)18(25)13-16)27-28(22(20)29)12-4-5-15-6-9-17(24)10-7-15/h4-11,13-14H,3,12H2,1-2H3,(H,26,30)/b5-4+. The first-order valence-electron chi connectivity index (χ1n) is 9.73. The second kappa shape index (κ2) is 10.6. The summed E-state index contributed by atoms with van der Waals surface area (Å²) in [5.74, 6) is -0.495. The van der Waals surface area contributed by atoms with E-state index in [2.05, 4.69) is 10.4 Å². The van der Waals surface area contributed by atoms with Gasteiger partial charge in [0.2, 0.25) is 0 Å². The largest absolute Gasteiger partial charge is 0.494 e. The Morgan fingerprint density at radius 1 is 1.22 bits per heavy atom. The molecule has 166 valence electrons. The minimum atomic E-state index is -0.772. The van der Waals surface area contributed by atoms with Crippen molar-refractivity contribution in [1.82, 2.24) is 9.78 Å². The zero-order chi connectivity index (χ0) is 23.1. The highest BCUT2D eigenvalue weighted by Gasteiger charge is 2.14. The molecular weight excluding hydrogens is 437 g/mol. The Balaban J connectivity index is 1.97. The van der Waals surface area contributed by atoms with Crippen LogP contribution in [0.5, 0.6) is 5.75 Å². The molecule has 0 aliphatic heterocycles. The third-order valence-electron chi connectivity index (χ3n) is 4.39. The smallest absolute Gasteiger partial charge is 0.411 e. The highest BCUT2D eigenvalue weighted by Crippen LogP contribution is 2.25. The van der Waals surface area contributed by atoms with E-state index in [1.807, 2.05) is 18.2 Å². The summed E-state index contributed by atoms with van der Waals surface area (Å²) >= 11 is 5.89. The molecule has 1 N–H and O–H groups in total. The Morgan fingerprint density at radius 3 is 2.62 bits per heavy atom. The molecule has 9 heteroatoms. The molecule has 2 aromatic carbocycles. The second-order valence-electron chi connectivity index (χ2n) is 6.58. The number of benzene rings is 2. The van der Waals surface area contributed by atoms with Gasteiger partial charge in [-0.05, 0) is 48.9 Å². The first kappa shape index (κ1) is 23.0. The third-order valence-corrected chi connectivity index (χ3v) is 4.64. The van der Waals surface area contributed by atoms with Crippen LogP contribution in [0, 0.1) is 5.82 Å². The van der Waals surface area contributed by atoms with Gasteiger partial charge in [0.15, 0.2) is 11.6 Å². The van der Waals surface area contributed by atoms with Crippen LogP contribution in [0.15, 0.2) is 59.4 Å². The highest BCUT2D eigenvalue weighted by molar-refractivity contribution is 6.30. The Morgan fingerprint density at radius 2 is 1.97 bits per heavy atom. The monoisotopic (exact) mass is 457 g/mol. The van der Waals surface area contributed by atoms with Crippen LogP contribution in [0.3, 0.4) is 0 Å². The molecule has 0 aliphatic rings. The van der Waals surface area contributed by atoms with Crippen LogP contribution in [0.1, 0.15) is 12.5 Å². The molecule has 1 heterocycles. The summed E-state index contributed by atoms with van der Waals surface area (Å²) in [6.07, 6.45) is 2.78. The van der Waals surface area contributed by atoms with E-state index < -0.39 is 17.5 Å². The zero-order valence-corrected chi connectivity index (χ0v) is 18.2. The number of amides is 1. The minimum Gasteiger partial charge on any atom is -0.494 e. The van der Waals surface area contributed by atoms with Gasteiger partial charge < -0.3 is 9.47 Å². The molecule has 1 aromatic heterocycles. The van der Waals surface area contributed by atoms with Crippen LogP contribution in [-0.4, -0.2) is 29.6 Å². The molecule has 3 aromatic rings. The number of carbonyl (C=O) groups excluding carboxylic acids is 1. The topological polar surface area (TPSA) is 82.4 Å². The predicted octanol–water partition coefficient (Wildman–Crippen LogP) is 4.99. The van der Waals surface area contributed by atoms with Gasteiger partial charge in [0.05, 0.1) is 26.0 Å². The van der Waals surface area contributed by atoms with Crippen LogP contribution >= 0.6 is 11.6 Å². The fourth-order valence-electron chi connectivity index (χ4n) is 2.86. The minimum absolute atomic E-state index is 0.0374. The normalized spacial score (nSPS) is 10.9. The van der Waals surface area contributed by atoms with Gasteiger partial charge in [-0.2, -0.15) is 5.10 Å². The van der Waals surface area contributed by atoms with Crippen LogP contribution in [0.25, 0.3) is 17.3 Å².